The molecule has 1 unspecified atom stereocenters. The van der Waals surface area contributed by atoms with Crippen LogP contribution in [0.5, 0.6) is 0 Å². The Morgan fingerprint density at radius 2 is 2.50 bits per heavy atom. The van der Waals surface area contributed by atoms with E-state index in [0.29, 0.717) is 5.92 Å². The first-order chi connectivity index (χ1) is 7.88. The van der Waals surface area contributed by atoms with Crippen LogP contribution in [0.1, 0.15) is 6.42 Å². The molecule has 5 heteroatoms. The molecule has 0 aliphatic carbocycles. The first kappa shape index (κ1) is 9.59. The fourth-order valence-electron chi connectivity index (χ4n) is 2.21. The van der Waals surface area contributed by atoms with Crippen molar-refractivity contribution in [3.63, 3.8) is 0 Å². The van der Waals surface area contributed by atoms with Crippen LogP contribution in [0.3, 0.4) is 0 Å². The maximum atomic E-state index is 8.94. The molecule has 1 aliphatic heterocycles. The SMILES string of the molecule is OCCC1CNc2c3cccnc3nn2C1. The van der Waals surface area contributed by atoms with Crippen LogP contribution in [0.15, 0.2) is 18.3 Å². The lowest BCUT2D eigenvalue weighted by Crippen LogP contribution is -2.28. The number of hydrogen-bond acceptors (Lipinski definition) is 4. The Kier molecular flexibility index (Phi) is 2.25. The summed E-state index contributed by atoms with van der Waals surface area (Å²) >= 11 is 0. The van der Waals surface area contributed by atoms with Gasteiger partial charge in [-0.1, -0.05) is 0 Å². The zero-order valence-corrected chi connectivity index (χ0v) is 8.93. The van der Waals surface area contributed by atoms with Crippen molar-refractivity contribution in [2.75, 3.05) is 18.5 Å². The lowest BCUT2D eigenvalue weighted by molar-refractivity contribution is 0.245. The van der Waals surface area contributed by atoms with Gasteiger partial charge < -0.3 is 10.4 Å². The molecule has 16 heavy (non-hydrogen) atoms. The predicted molar refractivity (Wildman–Crippen MR) is 61.2 cm³/mol. The quantitative estimate of drug-likeness (QED) is 0.784. The number of hydrogen-bond donors (Lipinski definition) is 2. The zero-order valence-electron chi connectivity index (χ0n) is 8.93. The van der Waals surface area contributed by atoms with Gasteiger partial charge in [-0.2, -0.15) is 5.10 Å². The second-order valence-corrected chi connectivity index (χ2v) is 4.16. The molecular formula is C11H14N4O. The summed E-state index contributed by atoms with van der Waals surface area (Å²) in [6, 6.07) is 3.95. The number of rotatable bonds is 2. The van der Waals surface area contributed by atoms with Gasteiger partial charge in [-0.3, -0.25) is 0 Å². The van der Waals surface area contributed by atoms with Gasteiger partial charge in [-0.25, -0.2) is 9.67 Å². The first-order valence-electron chi connectivity index (χ1n) is 5.55. The van der Waals surface area contributed by atoms with Crippen molar-refractivity contribution in [1.82, 2.24) is 14.8 Å². The minimum Gasteiger partial charge on any atom is -0.396 e. The summed E-state index contributed by atoms with van der Waals surface area (Å²) in [6.45, 7) is 2.00. The van der Waals surface area contributed by atoms with Crippen LogP contribution < -0.4 is 5.32 Å². The summed E-state index contributed by atoms with van der Waals surface area (Å²) in [4.78, 5) is 4.24. The maximum Gasteiger partial charge on any atom is 0.183 e. The van der Waals surface area contributed by atoms with E-state index in [2.05, 4.69) is 15.4 Å². The molecule has 0 saturated carbocycles. The van der Waals surface area contributed by atoms with Crippen LogP contribution in [0, 0.1) is 5.92 Å². The van der Waals surface area contributed by atoms with Gasteiger partial charge in [0, 0.05) is 25.9 Å². The number of fused-ring (bicyclic) bond motifs is 3. The number of pyridine rings is 1. The van der Waals surface area contributed by atoms with E-state index in [4.69, 9.17) is 5.11 Å². The van der Waals surface area contributed by atoms with Gasteiger partial charge in [0.2, 0.25) is 0 Å². The van der Waals surface area contributed by atoms with Gasteiger partial charge in [0.15, 0.2) is 5.65 Å². The Morgan fingerprint density at radius 1 is 1.56 bits per heavy atom. The average Bonchev–Trinajstić information content (AvgIpc) is 2.67. The molecule has 0 saturated heterocycles. The molecule has 3 heterocycles. The van der Waals surface area contributed by atoms with Crippen LogP contribution in [0.25, 0.3) is 11.0 Å². The topological polar surface area (TPSA) is 63.0 Å². The molecule has 0 fully saturated rings. The second kappa shape index (κ2) is 3.75. The molecule has 0 radical (unpaired) electrons. The molecule has 5 nitrogen and oxygen atoms in total. The third-order valence-corrected chi connectivity index (χ3v) is 3.04. The van der Waals surface area contributed by atoms with E-state index in [0.717, 1.165) is 36.4 Å². The number of nitrogens with one attached hydrogen (secondary N) is 1. The van der Waals surface area contributed by atoms with Gasteiger partial charge in [0.25, 0.3) is 0 Å². The van der Waals surface area contributed by atoms with Crippen LogP contribution >= 0.6 is 0 Å². The number of aliphatic hydroxyl groups is 1. The van der Waals surface area contributed by atoms with E-state index >= 15 is 0 Å². The van der Waals surface area contributed by atoms with Gasteiger partial charge in [0.1, 0.15) is 5.82 Å². The van der Waals surface area contributed by atoms with E-state index in [1.807, 2.05) is 16.8 Å². The first-order valence-corrected chi connectivity index (χ1v) is 5.55. The highest BCUT2D eigenvalue weighted by Crippen LogP contribution is 2.26. The van der Waals surface area contributed by atoms with Crippen molar-refractivity contribution in [3.8, 4) is 0 Å². The molecule has 2 aromatic rings. The lowest BCUT2D eigenvalue weighted by Gasteiger charge is -2.24. The molecule has 0 bridgehead atoms. The molecule has 1 atom stereocenters. The van der Waals surface area contributed by atoms with Crippen LogP contribution in [-0.4, -0.2) is 33.0 Å². The second-order valence-electron chi connectivity index (χ2n) is 4.16. The smallest absolute Gasteiger partial charge is 0.183 e. The summed E-state index contributed by atoms with van der Waals surface area (Å²) in [5.41, 5.74) is 0.787. The Morgan fingerprint density at radius 3 is 3.38 bits per heavy atom. The Bertz CT molecular complexity index is 508. The largest absolute Gasteiger partial charge is 0.396 e. The zero-order chi connectivity index (χ0) is 11.0. The maximum absolute atomic E-state index is 8.94. The van der Waals surface area contributed by atoms with Crippen molar-refractivity contribution in [2.45, 2.75) is 13.0 Å². The summed E-state index contributed by atoms with van der Waals surface area (Å²) < 4.78 is 1.96. The fraction of sp³-hybridized carbons (Fsp3) is 0.455. The van der Waals surface area contributed by atoms with E-state index in [1.165, 1.54) is 0 Å². The Labute approximate surface area is 93.1 Å². The van der Waals surface area contributed by atoms with Crippen molar-refractivity contribution < 1.29 is 5.11 Å². The highest BCUT2D eigenvalue weighted by molar-refractivity contribution is 5.87. The molecule has 2 aromatic heterocycles. The fourth-order valence-corrected chi connectivity index (χ4v) is 2.21. The van der Waals surface area contributed by atoms with Crippen LogP contribution in [0.2, 0.25) is 0 Å². The molecule has 84 valence electrons. The van der Waals surface area contributed by atoms with Crippen molar-refractivity contribution >= 4 is 16.9 Å². The summed E-state index contributed by atoms with van der Waals surface area (Å²) in [5.74, 6) is 1.50. The minimum absolute atomic E-state index is 0.237. The molecular weight excluding hydrogens is 204 g/mol. The molecule has 1 aliphatic rings. The monoisotopic (exact) mass is 218 g/mol. The van der Waals surface area contributed by atoms with Gasteiger partial charge in [-0.05, 0) is 24.5 Å². The van der Waals surface area contributed by atoms with E-state index < -0.39 is 0 Å². The standard InChI is InChI=1S/C11H14N4O/c16-5-3-8-6-13-11-9-2-1-4-12-10(9)14-15(11)7-8/h1-2,4,8,13,16H,3,5-7H2. The van der Waals surface area contributed by atoms with Gasteiger partial charge in [0.05, 0.1) is 5.39 Å². The van der Waals surface area contributed by atoms with Crippen molar-refractivity contribution in [3.05, 3.63) is 18.3 Å². The number of nitrogens with zero attached hydrogens (tertiary/aromatic N) is 3. The molecule has 2 N–H and O–H groups in total. The number of aliphatic hydroxyl groups excluding tert-OH is 1. The van der Waals surface area contributed by atoms with Gasteiger partial charge in [-0.15, -0.1) is 0 Å². The number of aromatic nitrogens is 3. The highest BCUT2D eigenvalue weighted by Gasteiger charge is 2.21. The lowest BCUT2D eigenvalue weighted by atomic mass is 10.0. The van der Waals surface area contributed by atoms with Crippen LogP contribution in [0.4, 0.5) is 5.82 Å². The van der Waals surface area contributed by atoms with Crippen molar-refractivity contribution in [1.29, 1.82) is 0 Å². The number of anilines is 1. The molecule has 0 amide bonds. The molecule has 3 rings (SSSR count). The molecule has 0 spiro atoms. The summed E-state index contributed by atoms with van der Waals surface area (Å²) in [6.07, 6.45) is 2.57. The normalized spacial score (nSPS) is 19.4. The summed E-state index contributed by atoms with van der Waals surface area (Å²) in [5, 5.41) is 17.8. The Balaban J connectivity index is 1.99. The van der Waals surface area contributed by atoms with Gasteiger partial charge >= 0.3 is 0 Å². The third-order valence-electron chi connectivity index (χ3n) is 3.04. The average molecular weight is 218 g/mol. The van der Waals surface area contributed by atoms with Crippen LogP contribution in [-0.2, 0) is 6.54 Å². The predicted octanol–water partition coefficient (Wildman–Crippen LogP) is 0.855. The third kappa shape index (κ3) is 1.44. The minimum atomic E-state index is 0.237. The molecule has 0 aromatic carbocycles. The highest BCUT2D eigenvalue weighted by atomic mass is 16.3. The van der Waals surface area contributed by atoms with E-state index in [9.17, 15) is 0 Å². The summed E-state index contributed by atoms with van der Waals surface area (Å²) in [7, 11) is 0. The van der Waals surface area contributed by atoms with E-state index in [-0.39, 0.29) is 6.61 Å². The van der Waals surface area contributed by atoms with E-state index in [1.54, 1.807) is 6.20 Å². The Hall–Kier alpha value is -1.62. The van der Waals surface area contributed by atoms with Crippen molar-refractivity contribution in [2.24, 2.45) is 5.92 Å².